The molecule has 2 aromatic carbocycles. The van der Waals surface area contributed by atoms with Gasteiger partial charge in [-0.3, -0.25) is 4.79 Å². The number of benzene rings is 2. The number of oxazole rings is 1. The molecule has 0 saturated carbocycles. The number of halogens is 2. The highest BCUT2D eigenvalue weighted by Gasteiger charge is 2.14. The topological polar surface area (TPSA) is 73.6 Å². The summed E-state index contributed by atoms with van der Waals surface area (Å²) >= 11 is 11.9. The summed E-state index contributed by atoms with van der Waals surface area (Å²) in [6.07, 6.45) is 2.15. The molecule has 1 heterocycles. The summed E-state index contributed by atoms with van der Waals surface area (Å²) in [5, 5.41) is 3.66. The van der Waals surface area contributed by atoms with E-state index in [1.54, 1.807) is 44.7 Å². The van der Waals surface area contributed by atoms with Crippen LogP contribution >= 0.6 is 23.2 Å². The maximum absolute atomic E-state index is 12.2. The lowest BCUT2D eigenvalue weighted by Crippen LogP contribution is -2.12. The van der Waals surface area contributed by atoms with Gasteiger partial charge in [-0.2, -0.15) is 0 Å². The van der Waals surface area contributed by atoms with Gasteiger partial charge in [0.25, 0.3) is 0 Å². The van der Waals surface area contributed by atoms with Crippen molar-refractivity contribution >= 4 is 34.8 Å². The molecule has 1 N–H and O–H groups in total. The van der Waals surface area contributed by atoms with Gasteiger partial charge >= 0.3 is 0 Å². The van der Waals surface area contributed by atoms with E-state index in [9.17, 15) is 4.79 Å². The summed E-state index contributed by atoms with van der Waals surface area (Å²) in [6.45, 7) is 0. The fourth-order valence-electron chi connectivity index (χ4n) is 2.62. The number of nitrogens with one attached hydrogen (secondary N) is 1. The zero-order valence-corrected chi connectivity index (χ0v) is 16.8. The van der Waals surface area contributed by atoms with E-state index in [4.69, 9.17) is 37.1 Å². The number of hydrogen-bond acceptors (Lipinski definition) is 5. The lowest BCUT2D eigenvalue weighted by atomic mass is 10.1. The van der Waals surface area contributed by atoms with Gasteiger partial charge in [0.05, 0.1) is 26.0 Å². The molecule has 6 nitrogen and oxygen atoms in total. The number of nitrogens with zero attached hydrogens (tertiary/aromatic N) is 1. The van der Waals surface area contributed by atoms with Crippen molar-refractivity contribution in [2.24, 2.45) is 0 Å². The first-order valence-electron chi connectivity index (χ1n) is 8.41. The Hall–Kier alpha value is -2.70. The second-order valence-corrected chi connectivity index (χ2v) is 6.76. The second kappa shape index (κ2) is 8.99. The Labute approximate surface area is 172 Å². The van der Waals surface area contributed by atoms with Gasteiger partial charge in [-0.25, -0.2) is 4.98 Å². The molecule has 0 fully saturated rings. The molecule has 0 bridgehead atoms. The fraction of sp³-hybridized carbons (Fsp3) is 0.200. The monoisotopic (exact) mass is 420 g/mol. The number of carbonyl (C=O) groups is 1. The van der Waals surface area contributed by atoms with Gasteiger partial charge < -0.3 is 19.2 Å². The molecule has 0 radical (unpaired) electrons. The third-order valence-electron chi connectivity index (χ3n) is 3.94. The number of amides is 1. The van der Waals surface area contributed by atoms with E-state index >= 15 is 0 Å². The van der Waals surface area contributed by atoms with Crippen LogP contribution in [0.5, 0.6) is 11.5 Å². The van der Waals surface area contributed by atoms with Crippen molar-refractivity contribution in [1.82, 2.24) is 4.98 Å². The number of aromatic nitrogens is 1. The molecule has 0 aliphatic heterocycles. The van der Waals surface area contributed by atoms with Crippen molar-refractivity contribution < 1.29 is 18.7 Å². The van der Waals surface area contributed by atoms with Crippen LogP contribution < -0.4 is 14.8 Å². The standard InChI is InChI=1S/C20H18Cl2N2O4/c1-26-15-3-4-16(17(10-15)27-2)18-11-23-20(28-18)6-5-19(25)24-14-8-12(21)7-13(22)9-14/h3-4,7-11H,5-6H2,1-2H3,(H,24,25). The Morgan fingerprint density at radius 3 is 2.54 bits per heavy atom. The van der Waals surface area contributed by atoms with E-state index in [1.165, 1.54) is 0 Å². The smallest absolute Gasteiger partial charge is 0.224 e. The zero-order chi connectivity index (χ0) is 20.1. The Balaban J connectivity index is 1.64. The van der Waals surface area contributed by atoms with Gasteiger partial charge in [-0.05, 0) is 30.3 Å². The quantitative estimate of drug-likeness (QED) is 0.565. The highest BCUT2D eigenvalue weighted by molar-refractivity contribution is 6.35. The van der Waals surface area contributed by atoms with E-state index in [-0.39, 0.29) is 12.3 Å². The molecule has 0 saturated heterocycles. The van der Waals surface area contributed by atoms with Gasteiger partial charge in [0.1, 0.15) is 11.5 Å². The summed E-state index contributed by atoms with van der Waals surface area (Å²) < 4.78 is 16.3. The number of aryl methyl sites for hydroxylation is 1. The molecule has 28 heavy (non-hydrogen) atoms. The molecular weight excluding hydrogens is 403 g/mol. The van der Waals surface area contributed by atoms with Crippen LogP contribution in [0.2, 0.25) is 10.0 Å². The maximum atomic E-state index is 12.2. The van der Waals surface area contributed by atoms with Gasteiger partial charge in [0, 0.05) is 34.6 Å². The van der Waals surface area contributed by atoms with E-state index in [2.05, 4.69) is 10.3 Å². The second-order valence-electron chi connectivity index (χ2n) is 5.89. The minimum Gasteiger partial charge on any atom is -0.497 e. The van der Waals surface area contributed by atoms with E-state index in [0.717, 1.165) is 5.56 Å². The maximum Gasteiger partial charge on any atom is 0.224 e. The van der Waals surface area contributed by atoms with Crippen molar-refractivity contribution in [3.8, 4) is 22.8 Å². The van der Waals surface area contributed by atoms with E-state index in [0.29, 0.717) is 45.3 Å². The lowest BCUT2D eigenvalue weighted by molar-refractivity contribution is -0.116. The van der Waals surface area contributed by atoms with Gasteiger partial charge in [-0.15, -0.1) is 0 Å². The summed E-state index contributed by atoms with van der Waals surface area (Å²) in [5.74, 6) is 2.10. The minimum absolute atomic E-state index is 0.194. The number of rotatable bonds is 7. The molecule has 0 aliphatic rings. The highest BCUT2D eigenvalue weighted by Crippen LogP contribution is 2.33. The zero-order valence-electron chi connectivity index (χ0n) is 15.3. The van der Waals surface area contributed by atoms with Gasteiger partial charge in [0.2, 0.25) is 5.91 Å². The third-order valence-corrected chi connectivity index (χ3v) is 4.38. The number of ether oxygens (including phenoxy) is 2. The summed E-state index contributed by atoms with van der Waals surface area (Å²) in [5.41, 5.74) is 1.29. The number of methoxy groups -OCH3 is 2. The summed E-state index contributed by atoms with van der Waals surface area (Å²) in [7, 11) is 3.16. The predicted octanol–water partition coefficient (Wildman–Crippen LogP) is 5.24. The van der Waals surface area contributed by atoms with Crippen LogP contribution in [-0.4, -0.2) is 25.1 Å². The van der Waals surface area contributed by atoms with Crippen LogP contribution in [0.3, 0.4) is 0 Å². The van der Waals surface area contributed by atoms with E-state index < -0.39 is 0 Å². The Morgan fingerprint density at radius 2 is 1.86 bits per heavy atom. The van der Waals surface area contributed by atoms with Crippen LogP contribution in [0.15, 0.2) is 47.0 Å². The van der Waals surface area contributed by atoms with Crippen molar-refractivity contribution in [3.05, 3.63) is 58.5 Å². The van der Waals surface area contributed by atoms with Crippen molar-refractivity contribution in [2.45, 2.75) is 12.8 Å². The molecule has 1 aromatic heterocycles. The SMILES string of the molecule is COc1ccc(-c2cnc(CCC(=O)Nc3cc(Cl)cc(Cl)c3)o2)c(OC)c1. The summed E-state index contributed by atoms with van der Waals surface area (Å²) in [6, 6.07) is 10.3. The van der Waals surface area contributed by atoms with Crippen LogP contribution in [0.25, 0.3) is 11.3 Å². The average Bonchev–Trinajstić information content (AvgIpc) is 3.13. The molecule has 0 spiro atoms. The molecule has 1 amide bonds. The Kier molecular flexibility index (Phi) is 6.44. The van der Waals surface area contributed by atoms with Crippen LogP contribution in [0, 0.1) is 0 Å². The normalized spacial score (nSPS) is 10.6. The first-order chi connectivity index (χ1) is 13.5. The average molecular weight is 421 g/mol. The predicted molar refractivity (Wildman–Crippen MR) is 108 cm³/mol. The molecule has 0 unspecified atom stereocenters. The first kappa shape index (κ1) is 20.0. The molecule has 3 aromatic rings. The fourth-order valence-corrected chi connectivity index (χ4v) is 3.15. The van der Waals surface area contributed by atoms with Crippen molar-refractivity contribution in [2.75, 3.05) is 19.5 Å². The first-order valence-corrected chi connectivity index (χ1v) is 9.17. The van der Waals surface area contributed by atoms with Crippen LogP contribution in [0.4, 0.5) is 5.69 Å². The summed E-state index contributed by atoms with van der Waals surface area (Å²) in [4.78, 5) is 16.4. The lowest BCUT2D eigenvalue weighted by Gasteiger charge is -2.08. The minimum atomic E-state index is -0.194. The number of carbonyl (C=O) groups excluding carboxylic acids is 1. The van der Waals surface area contributed by atoms with Gasteiger partial charge in [-0.1, -0.05) is 23.2 Å². The largest absolute Gasteiger partial charge is 0.497 e. The third kappa shape index (κ3) is 4.97. The highest BCUT2D eigenvalue weighted by atomic mass is 35.5. The molecular formula is C20H18Cl2N2O4. The van der Waals surface area contributed by atoms with Crippen molar-refractivity contribution in [3.63, 3.8) is 0 Å². The van der Waals surface area contributed by atoms with Crippen LogP contribution in [0.1, 0.15) is 12.3 Å². The molecule has 3 rings (SSSR count). The van der Waals surface area contributed by atoms with Gasteiger partial charge in [0.15, 0.2) is 11.7 Å². The molecule has 0 atom stereocenters. The number of anilines is 1. The van der Waals surface area contributed by atoms with Crippen LogP contribution in [-0.2, 0) is 11.2 Å². The number of hydrogen-bond donors (Lipinski definition) is 1. The van der Waals surface area contributed by atoms with Crippen molar-refractivity contribution in [1.29, 1.82) is 0 Å². The Bertz CT molecular complexity index is 968. The molecule has 0 aliphatic carbocycles. The Morgan fingerprint density at radius 1 is 1.11 bits per heavy atom. The molecule has 146 valence electrons. The molecule has 8 heteroatoms. The van der Waals surface area contributed by atoms with E-state index in [1.807, 2.05) is 12.1 Å².